The third-order valence-corrected chi connectivity index (χ3v) is 2.11. The smallest absolute Gasteiger partial charge is 0.117 e. The van der Waals surface area contributed by atoms with Gasteiger partial charge >= 0.3 is 0 Å². The Kier molecular flexibility index (Phi) is 13.5. The van der Waals surface area contributed by atoms with Gasteiger partial charge in [0.25, 0.3) is 0 Å². The van der Waals surface area contributed by atoms with Gasteiger partial charge in [0.2, 0.25) is 0 Å². The Bertz CT molecular complexity index is 218. The molecule has 2 atom stereocenters. The van der Waals surface area contributed by atoms with Crippen LogP contribution < -0.4 is 0 Å². The van der Waals surface area contributed by atoms with E-state index in [0.717, 1.165) is 0 Å². The first-order valence-corrected chi connectivity index (χ1v) is 5.11. The van der Waals surface area contributed by atoms with Crippen molar-refractivity contribution in [2.45, 2.75) is 38.8 Å². The molecule has 0 N–H and O–H groups in total. The maximum absolute atomic E-state index is 10.0. The molecule has 92 valence electrons. The van der Waals surface area contributed by atoms with Crippen LogP contribution in [0.15, 0.2) is 34.7 Å². The summed E-state index contributed by atoms with van der Waals surface area (Å²) in [4.78, 5) is 20.1. The summed E-state index contributed by atoms with van der Waals surface area (Å²) in [5.74, 6) is 0. The van der Waals surface area contributed by atoms with Crippen molar-refractivity contribution in [3.63, 3.8) is 0 Å². The van der Waals surface area contributed by atoms with Crippen LogP contribution in [0.1, 0.15) is 26.7 Å². The van der Waals surface area contributed by atoms with E-state index in [0.29, 0.717) is 12.8 Å². The molecule has 1 rings (SSSR count). The molecule has 16 heavy (non-hydrogen) atoms. The maximum atomic E-state index is 10.0. The number of hydrogen-bond donors (Lipinski definition) is 0. The average Bonchev–Trinajstić information content (AvgIpc) is 2.84. The molecule has 0 aromatic carbocycles. The summed E-state index contributed by atoms with van der Waals surface area (Å²) in [7, 11) is 0. The third-order valence-electron chi connectivity index (χ3n) is 2.11. The molecule has 0 aliphatic heterocycles. The van der Waals surface area contributed by atoms with Gasteiger partial charge in [-0.15, -0.1) is 0 Å². The Morgan fingerprint density at radius 3 is 1.38 bits per heavy atom. The summed E-state index contributed by atoms with van der Waals surface area (Å²) in [5.41, 5.74) is 0. The molecule has 0 fully saturated rings. The van der Waals surface area contributed by atoms with E-state index in [1.165, 1.54) is 0 Å². The predicted molar refractivity (Wildman–Crippen MR) is 62.3 cm³/mol. The van der Waals surface area contributed by atoms with Crippen LogP contribution in [0, 0.1) is 16.2 Å². The number of nitrogens with zero attached hydrogens (tertiary/aromatic N) is 2. The van der Waals surface area contributed by atoms with Crippen LogP contribution in [0.4, 0.5) is 0 Å². The van der Waals surface area contributed by atoms with E-state index < -0.39 is 12.1 Å². The molecule has 0 unspecified atom stereocenters. The number of hydrogen-bond acceptors (Lipinski definition) is 4. The van der Waals surface area contributed by atoms with Crippen molar-refractivity contribution in [1.29, 1.82) is 0 Å². The van der Waals surface area contributed by atoms with Crippen LogP contribution in [0.5, 0.6) is 0 Å². The quantitative estimate of drug-likeness (QED) is 0.717. The van der Waals surface area contributed by atoms with Gasteiger partial charge in [-0.2, -0.15) is 9.81 Å². The number of nitroso groups, excluding NO2 is 2. The van der Waals surface area contributed by atoms with Gasteiger partial charge < -0.3 is 0 Å². The molecule has 0 amide bonds. The fourth-order valence-corrected chi connectivity index (χ4v) is 1.15. The van der Waals surface area contributed by atoms with Crippen molar-refractivity contribution in [2.24, 2.45) is 10.4 Å². The van der Waals surface area contributed by atoms with Gasteiger partial charge in [0.05, 0.1) is 0 Å². The number of allylic oxidation sites excluding steroid dienone is 4. The van der Waals surface area contributed by atoms with Gasteiger partial charge in [-0.1, -0.05) is 48.5 Å². The monoisotopic (exact) mass is 268 g/mol. The largest absolute Gasteiger partial charge is 0.150 e. The van der Waals surface area contributed by atoms with Crippen LogP contribution in [0.2, 0.25) is 0 Å². The minimum absolute atomic E-state index is 0. The Morgan fingerprint density at radius 1 is 0.875 bits per heavy atom. The zero-order valence-electron chi connectivity index (χ0n) is 9.50. The first-order chi connectivity index (χ1) is 7.29. The van der Waals surface area contributed by atoms with E-state index in [9.17, 15) is 9.81 Å². The molecule has 1 aliphatic carbocycles. The van der Waals surface area contributed by atoms with Crippen LogP contribution in [-0.2, 0) is 16.8 Å². The zero-order valence-corrected chi connectivity index (χ0v) is 10.5. The minimum atomic E-state index is -0.428. The molecule has 4 nitrogen and oxygen atoms in total. The van der Waals surface area contributed by atoms with E-state index in [1.807, 2.05) is 44.6 Å². The molecule has 0 saturated heterocycles. The fourth-order valence-electron chi connectivity index (χ4n) is 1.15. The summed E-state index contributed by atoms with van der Waals surface area (Å²) in [6, 6.07) is -0.856. The van der Waals surface area contributed by atoms with Crippen LogP contribution in [-0.4, -0.2) is 12.1 Å². The molecule has 5 heteroatoms. The zero-order chi connectivity index (χ0) is 11.5. The Hall–Kier alpha value is -0.814. The van der Waals surface area contributed by atoms with E-state index in [2.05, 4.69) is 10.4 Å². The van der Waals surface area contributed by atoms with Crippen molar-refractivity contribution in [1.82, 2.24) is 0 Å². The second-order valence-electron chi connectivity index (χ2n) is 3.12. The summed E-state index contributed by atoms with van der Waals surface area (Å²) in [5, 5.41) is 5.61. The SMILES string of the molecule is CC[C@H](N=O)[C@H](CC)N=O.[CH]1C=CC=C1.[Co]. The van der Waals surface area contributed by atoms with E-state index >= 15 is 0 Å². The van der Waals surface area contributed by atoms with Gasteiger partial charge in [0.1, 0.15) is 12.1 Å². The molecule has 0 aromatic heterocycles. The second kappa shape index (κ2) is 12.3. The normalized spacial score (nSPS) is 15.4. The maximum Gasteiger partial charge on any atom is 0.117 e. The first-order valence-electron chi connectivity index (χ1n) is 5.11. The van der Waals surface area contributed by atoms with Crippen molar-refractivity contribution >= 4 is 0 Å². The van der Waals surface area contributed by atoms with Gasteiger partial charge in [-0.05, 0) is 12.8 Å². The molecule has 0 spiro atoms. The van der Waals surface area contributed by atoms with Gasteiger partial charge in [-0.3, -0.25) is 0 Å². The van der Waals surface area contributed by atoms with Crippen molar-refractivity contribution in [3.8, 4) is 0 Å². The molecule has 0 saturated carbocycles. The van der Waals surface area contributed by atoms with Gasteiger partial charge in [0, 0.05) is 23.2 Å². The standard InChI is InChI=1S/C6H12N2O2.C5H5.Co/c1-3-5(7-9)6(4-2)8-10;1-2-4-5-3-1;/h5-6H,3-4H2,1-2H3;1-5H;/t5-,6-;;/m0../s1. The van der Waals surface area contributed by atoms with Crippen molar-refractivity contribution < 1.29 is 16.8 Å². The van der Waals surface area contributed by atoms with Crippen LogP contribution in [0.25, 0.3) is 0 Å². The van der Waals surface area contributed by atoms with E-state index in [-0.39, 0.29) is 16.8 Å². The summed E-state index contributed by atoms with van der Waals surface area (Å²) in [6.45, 7) is 3.64. The molecule has 1 aliphatic rings. The molecular formula is C11H17CoN2O2. The van der Waals surface area contributed by atoms with E-state index in [1.54, 1.807) is 0 Å². The Labute approximate surface area is 107 Å². The molecule has 0 heterocycles. The topological polar surface area (TPSA) is 58.9 Å². The summed E-state index contributed by atoms with van der Waals surface area (Å²) < 4.78 is 0. The van der Waals surface area contributed by atoms with E-state index in [4.69, 9.17) is 0 Å². The average molecular weight is 268 g/mol. The Balaban J connectivity index is 0. The van der Waals surface area contributed by atoms with Gasteiger partial charge in [0.15, 0.2) is 0 Å². The summed E-state index contributed by atoms with van der Waals surface area (Å²) >= 11 is 0. The molecule has 0 bridgehead atoms. The summed E-state index contributed by atoms with van der Waals surface area (Å²) in [6.07, 6.45) is 11.2. The van der Waals surface area contributed by atoms with Crippen molar-refractivity contribution in [2.75, 3.05) is 0 Å². The number of rotatable bonds is 5. The molecular weight excluding hydrogens is 251 g/mol. The third kappa shape index (κ3) is 7.47. The second-order valence-corrected chi connectivity index (χ2v) is 3.12. The minimum Gasteiger partial charge on any atom is -0.150 e. The predicted octanol–water partition coefficient (Wildman–Crippen LogP) is 3.39. The Morgan fingerprint density at radius 2 is 1.25 bits per heavy atom. The molecule has 2 radical (unpaired) electrons. The van der Waals surface area contributed by atoms with Crippen molar-refractivity contribution in [3.05, 3.63) is 40.5 Å². The fraction of sp³-hybridized carbons (Fsp3) is 0.545. The van der Waals surface area contributed by atoms with Gasteiger partial charge in [-0.25, -0.2) is 0 Å². The molecule has 0 aromatic rings. The van der Waals surface area contributed by atoms with Crippen LogP contribution >= 0.6 is 0 Å². The van der Waals surface area contributed by atoms with Crippen LogP contribution in [0.3, 0.4) is 0 Å². The first kappa shape index (κ1) is 17.6.